The molecule has 0 radical (unpaired) electrons. The number of methoxy groups -OCH3 is 1. The molecule has 0 bridgehead atoms. The van der Waals surface area contributed by atoms with Crippen molar-refractivity contribution in [3.63, 3.8) is 0 Å². The second-order valence-corrected chi connectivity index (χ2v) is 4.82. The normalized spacial score (nSPS) is 17.4. The fraction of sp³-hybridized carbons (Fsp3) is 0.643. The van der Waals surface area contributed by atoms with Crippen molar-refractivity contribution in [3.8, 4) is 0 Å². The van der Waals surface area contributed by atoms with E-state index in [4.69, 9.17) is 9.47 Å². The van der Waals surface area contributed by atoms with E-state index < -0.39 is 0 Å². The molecule has 19 heavy (non-hydrogen) atoms. The number of carbonyl (C=O) groups excluding carboxylic acids is 1. The van der Waals surface area contributed by atoms with E-state index >= 15 is 0 Å². The quantitative estimate of drug-likeness (QED) is 0.781. The molecule has 0 spiro atoms. The van der Waals surface area contributed by atoms with Gasteiger partial charge in [-0.2, -0.15) is 0 Å². The average Bonchev–Trinajstić information content (AvgIpc) is 2.88. The summed E-state index contributed by atoms with van der Waals surface area (Å²) in [4.78, 5) is 20.5. The molecule has 1 heterocycles. The molecule has 1 aromatic rings. The Bertz CT molecular complexity index is 468. The van der Waals surface area contributed by atoms with Gasteiger partial charge in [0.25, 0.3) is 0 Å². The summed E-state index contributed by atoms with van der Waals surface area (Å²) in [6.07, 6.45) is 5.66. The molecule has 1 aliphatic carbocycles. The Morgan fingerprint density at radius 1 is 1.42 bits per heavy atom. The highest BCUT2D eigenvalue weighted by Gasteiger charge is 2.38. The van der Waals surface area contributed by atoms with Crippen LogP contribution < -0.4 is 0 Å². The van der Waals surface area contributed by atoms with Gasteiger partial charge >= 0.3 is 5.97 Å². The highest BCUT2D eigenvalue weighted by molar-refractivity contribution is 5.90. The van der Waals surface area contributed by atoms with Gasteiger partial charge in [-0.1, -0.05) is 0 Å². The van der Waals surface area contributed by atoms with Crippen LogP contribution in [-0.4, -0.2) is 29.7 Å². The van der Waals surface area contributed by atoms with Gasteiger partial charge < -0.3 is 9.47 Å². The minimum Gasteiger partial charge on any atom is -0.462 e. The lowest BCUT2D eigenvalue weighted by atomic mass is 10.0. The second-order valence-electron chi connectivity index (χ2n) is 4.82. The average molecular weight is 264 g/mol. The van der Waals surface area contributed by atoms with Gasteiger partial charge in [0.1, 0.15) is 5.60 Å². The molecule has 5 heteroatoms. The number of aryl methyl sites for hydroxylation is 1. The van der Waals surface area contributed by atoms with Gasteiger partial charge in [-0.05, 0) is 39.5 Å². The number of hydrogen-bond acceptors (Lipinski definition) is 5. The lowest BCUT2D eigenvalue weighted by molar-refractivity contribution is -0.0165. The molecule has 0 atom stereocenters. The van der Waals surface area contributed by atoms with Crippen molar-refractivity contribution in [3.05, 3.63) is 23.3 Å². The van der Waals surface area contributed by atoms with Crippen molar-refractivity contribution in [1.29, 1.82) is 0 Å². The topological polar surface area (TPSA) is 61.3 Å². The summed E-state index contributed by atoms with van der Waals surface area (Å²) in [7, 11) is 1.70. The van der Waals surface area contributed by atoms with Crippen LogP contribution in [0.4, 0.5) is 0 Å². The standard InChI is InChI=1S/C14H20N2O3/c1-4-19-12(17)11-9-15-13(16-10(11)2)14(18-3)7-5-6-8-14/h9H,4-8H2,1-3H3. The van der Waals surface area contributed by atoms with Crippen LogP contribution in [0.15, 0.2) is 6.20 Å². The maximum Gasteiger partial charge on any atom is 0.341 e. The van der Waals surface area contributed by atoms with Gasteiger partial charge in [-0.3, -0.25) is 0 Å². The monoisotopic (exact) mass is 264 g/mol. The summed E-state index contributed by atoms with van der Waals surface area (Å²) in [6, 6.07) is 0. The molecule has 1 aliphatic rings. The van der Waals surface area contributed by atoms with Gasteiger partial charge in [0.2, 0.25) is 0 Å². The summed E-state index contributed by atoms with van der Waals surface area (Å²) in [5, 5.41) is 0. The predicted octanol–water partition coefficient (Wildman–Crippen LogP) is 2.38. The Morgan fingerprint density at radius 2 is 2.11 bits per heavy atom. The van der Waals surface area contributed by atoms with Crippen molar-refractivity contribution in [1.82, 2.24) is 9.97 Å². The number of rotatable bonds is 4. The molecule has 0 saturated heterocycles. The number of esters is 1. The van der Waals surface area contributed by atoms with Crippen LogP contribution in [0.5, 0.6) is 0 Å². The Hall–Kier alpha value is -1.49. The maximum absolute atomic E-state index is 11.7. The van der Waals surface area contributed by atoms with E-state index in [0.717, 1.165) is 25.7 Å². The van der Waals surface area contributed by atoms with Crippen LogP contribution in [0.25, 0.3) is 0 Å². The van der Waals surface area contributed by atoms with E-state index in [1.54, 1.807) is 27.2 Å². The van der Waals surface area contributed by atoms with Crippen molar-refractivity contribution >= 4 is 5.97 Å². The number of nitrogens with zero attached hydrogens (tertiary/aromatic N) is 2. The Morgan fingerprint density at radius 3 is 2.63 bits per heavy atom. The number of ether oxygens (including phenoxy) is 2. The molecule has 0 unspecified atom stereocenters. The maximum atomic E-state index is 11.7. The Kier molecular flexibility index (Phi) is 4.14. The third kappa shape index (κ3) is 2.61. The molecule has 1 aromatic heterocycles. The second kappa shape index (κ2) is 5.65. The van der Waals surface area contributed by atoms with E-state index in [-0.39, 0.29) is 11.6 Å². The van der Waals surface area contributed by atoms with Crippen LogP contribution >= 0.6 is 0 Å². The molecule has 0 aliphatic heterocycles. The van der Waals surface area contributed by atoms with Gasteiger partial charge in [0.15, 0.2) is 5.82 Å². The smallest absolute Gasteiger partial charge is 0.341 e. The van der Waals surface area contributed by atoms with E-state index in [0.29, 0.717) is 23.7 Å². The molecule has 0 aromatic carbocycles. The summed E-state index contributed by atoms with van der Waals surface area (Å²) in [6.45, 7) is 3.93. The van der Waals surface area contributed by atoms with Crippen molar-refractivity contribution < 1.29 is 14.3 Å². The number of hydrogen-bond donors (Lipinski definition) is 0. The molecule has 2 rings (SSSR count). The highest BCUT2D eigenvalue weighted by atomic mass is 16.5. The summed E-state index contributed by atoms with van der Waals surface area (Å²) < 4.78 is 10.6. The lowest BCUT2D eigenvalue weighted by Gasteiger charge is -2.25. The van der Waals surface area contributed by atoms with Crippen LogP contribution in [0.3, 0.4) is 0 Å². The molecule has 0 amide bonds. The van der Waals surface area contributed by atoms with E-state index in [1.165, 1.54) is 0 Å². The molecular weight excluding hydrogens is 244 g/mol. The molecule has 1 fully saturated rings. The highest BCUT2D eigenvalue weighted by Crippen LogP contribution is 2.39. The molecule has 0 N–H and O–H groups in total. The lowest BCUT2D eigenvalue weighted by Crippen LogP contribution is -2.28. The predicted molar refractivity (Wildman–Crippen MR) is 69.9 cm³/mol. The third-order valence-corrected chi connectivity index (χ3v) is 3.68. The van der Waals surface area contributed by atoms with Gasteiger partial charge in [0.05, 0.1) is 17.9 Å². The van der Waals surface area contributed by atoms with Crippen molar-refractivity contribution in [2.24, 2.45) is 0 Å². The van der Waals surface area contributed by atoms with Crippen LogP contribution in [0, 0.1) is 6.92 Å². The Balaban J connectivity index is 2.30. The molecular formula is C14H20N2O3. The first-order valence-corrected chi connectivity index (χ1v) is 6.69. The largest absolute Gasteiger partial charge is 0.462 e. The van der Waals surface area contributed by atoms with Gasteiger partial charge in [-0.25, -0.2) is 14.8 Å². The number of aromatic nitrogens is 2. The molecule has 5 nitrogen and oxygen atoms in total. The Labute approximate surface area is 113 Å². The van der Waals surface area contributed by atoms with E-state index in [9.17, 15) is 4.79 Å². The summed E-state index contributed by atoms with van der Waals surface area (Å²) in [5.41, 5.74) is 0.694. The van der Waals surface area contributed by atoms with Crippen LogP contribution in [-0.2, 0) is 15.1 Å². The van der Waals surface area contributed by atoms with E-state index in [2.05, 4.69) is 9.97 Å². The zero-order chi connectivity index (χ0) is 13.9. The summed E-state index contributed by atoms with van der Waals surface area (Å²) >= 11 is 0. The van der Waals surface area contributed by atoms with Crippen molar-refractivity contribution in [2.75, 3.05) is 13.7 Å². The third-order valence-electron chi connectivity index (χ3n) is 3.68. The van der Waals surface area contributed by atoms with Crippen molar-refractivity contribution in [2.45, 2.75) is 45.1 Å². The van der Waals surface area contributed by atoms with Crippen LogP contribution in [0.2, 0.25) is 0 Å². The van der Waals surface area contributed by atoms with E-state index in [1.807, 2.05) is 0 Å². The minimum atomic E-state index is -0.377. The summed E-state index contributed by atoms with van der Waals surface area (Å²) in [5.74, 6) is 0.308. The first-order valence-electron chi connectivity index (χ1n) is 6.69. The SMILES string of the molecule is CCOC(=O)c1cnc(C2(OC)CCCC2)nc1C. The van der Waals surface area contributed by atoms with Gasteiger partial charge in [0, 0.05) is 13.3 Å². The fourth-order valence-electron chi connectivity index (χ4n) is 2.56. The first kappa shape index (κ1) is 13.9. The van der Waals surface area contributed by atoms with Gasteiger partial charge in [-0.15, -0.1) is 0 Å². The zero-order valence-electron chi connectivity index (χ0n) is 11.7. The molecule has 104 valence electrons. The number of carbonyl (C=O) groups is 1. The zero-order valence-corrected chi connectivity index (χ0v) is 11.7. The minimum absolute atomic E-state index is 0.349. The molecule has 1 saturated carbocycles. The van der Waals surface area contributed by atoms with Crippen LogP contribution in [0.1, 0.15) is 54.5 Å². The fourth-order valence-corrected chi connectivity index (χ4v) is 2.56. The first-order chi connectivity index (χ1) is 9.13.